The Kier molecular flexibility index (Phi) is 3.13. The van der Waals surface area contributed by atoms with Crippen LogP contribution in [-0.4, -0.2) is 0 Å². The van der Waals surface area contributed by atoms with Crippen LogP contribution in [0.4, 0.5) is 5.69 Å². The van der Waals surface area contributed by atoms with Gasteiger partial charge in [-0.1, -0.05) is 46.3 Å². The van der Waals surface area contributed by atoms with Gasteiger partial charge >= 0.3 is 0 Å². The van der Waals surface area contributed by atoms with E-state index < -0.39 is 0 Å². The lowest BCUT2D eigenvalue weighted by Crippen LogP contribution is -2.14. The van der Waals surface area contributed by atoms with E-state index in [0.717, 1.165) is 18.4 Å². The smallest absolute Gasteiger partial charge is 0.0436 e. The molecule has 0 atom stereocenters. The van der Waals surface area contributed by atoms with E-state index in [2.05, 4.69) is 70.2 Å². The zero-order valence-corrected chi connectivity index (χ0v) is 12.1. The summed E-state index contributed by atoms with van der Waals surface area (Å²) in [6.07, 6.45) is 0. The van der Waals surface area contributed by atoms with Gasteiger partial charge in [-0.25, -0.2) is 0 Å². The first-order valence-corrected chi connectivity index (χ1v) is 7.37. The second kappa shape index (κ2) is 4.77. The van der Waals surface area contributed by atoms with Gasteiger partial charge < -0.3 is 4.90 Å². The topological polar surface area (TPSA) is 3.24 Å². The van der Waals surface area contributed by atoms with Crippen LogP contribution in [0, 0.1) is 6.92 Å². The molecule has 0 unspecified atom stereocenters. The Bertz CT molecular complexity index is 552. The highest BCUT2D eigenvalue weighted by molar-refractivity contribution is 9.08. The maximum Gasteiger partial charge on any atom is 0.0436 e. The maximum absolute atomic E-state index is 3.53. The number of hydrogen-bond donors (Lipinski definition) is 0. The number of fused-ring (bicyclic) bond motifs is 1. The zero-order valence-electron chi connectivity index (χ0n) is 10.5. The molecule has 0 N–H and O–H groups in total. The minimum Gasteiger partial charge on any atom is -0.363 e. The maximum atomic E-state index is 3.53. The molecule has 1 nitrogen and oxygen atoms in total. The summed E-state index contributed by atoms with van der Waals surface area (Å²) in [6, 6.07) is 15.5. The third-order valence-electron chi connectivity index (χ3n) is 3.68. The van der Waals surface area contributed by atoms with Crippen molar-refractivity contribution in [3.05, 3.63) is 64.7 Å². The number of halogens is 1. The molecule has 0 radical (unpaired) electrons. The lowest BCUT2D eigenvalue weighted by Gasteiger charge is -2.19. The van der Waals surface area contributed by atoms with Gasteiger partial charge in [-0.05, 0) is 41.3 Å². The van der Waals surface area contributed by atoms with Gasteiger partial charge in [0.15, 0.2) is 0 Å². The van der Waals surface area contributed by atoms with Crippen molar-refractivity contribution < 1.29 is 0 Å². The summed E-state index contributed by atoms with van der Waals surface area (Å²) in [4.78, 5) is 2.44. The van der Waals surface area contributed by atoms with E-state index in [1.807, 2.05) is 0 Å². The van der Waals surface area contributed by atoms with Crippen molar-refractivity contribution in [2.75, 3.05) is 4.90 Å². The molecule has 0 fully saturated rings. The van der Waals surface area contributed by atoms with Gasteiger partial charge in [-0.2, -0.15) is 0 Å². The average molecular weight is 302 g/mol. The van der Waals surface area contributed by atoms with Crippen molar-refractivity contribution in [2.24, 2.45) is 0 Å². The third kappa shape index (κ3) is 2.05. The van der Waals surface area contributed by atoms with Crippen LogP contribution >= 0.6 is 15.9 Å². The highest BCUT2D eigenvalue weighted by Gasteiger charge is 2.18. The molecule has 2 heteroatoms. The SMILES string of the molecule is Cc1cc(N2Cc3ccccc3C2)ccc1CBr. The lowest BCUT2D eigenvalue weighted by molar-refractivity contribution is 0.879. The fourth-order valence-corrected chi connectivity index (χ4v) is 3.17. The van der Waals surface area contributed by atoms with Crippen LogP contribution in [0.3, 0.4) is 0 Å². The number of benzene rings is 2. The van der Waals surface area contributed by atoms with Gasteiger partial charge in [0.05, 0.1) is 0 Å². The molecule has 92 valence electrons. The molecule has 0 bridgehead atoms. The normalized spacial score (nSPS) is 13.8. The molecule has 0 amide bonds. The summed E-state index contributed by atoms with van der Waals surface area (Å²) < 4.78 is 0. The van der Waals surface area contributed by atoms with Crippen molar-refractivity contribution >= 4 is 21.6 Å². The van der Waals surface area contributed by atoms with Crippen molar-refractivity contribution in [1.82, 2.24) is 0 Å². The molecule has 1 aliphatic heterocycles. The summed E-state index contributed by atoms with van der Waals surface area (Å²) in [6.45, 7) is 4.25. The number of anilines is 1. The fourth-order valence-electron chi connectivity index (χ4n) is 2.54. The molecule has 0 aliphatic carbocycles. The number of aryl methyl sites for hydroxylation is 1. The van der Waals surface area contributed by atoms with Crippen molar-refractivity contribution in [3.63, 3.8) is 0 Å². The van der Waals surface area contributed by atoms with E-state index in [-0.39, 0.29) is 0 Å². The monoisotopic (exact) mass is 301 g/mol. The first kappa shape index (κ1) is 11.8. The largest absolute Gasteiger partial charge is 0.363 e. The summed E-state index contributed by atoms with van der Waals surface area (Å²) >= 11 is 3.53. The van der Waals surface area contributed by atoms with Crippen molar-refractivity contribution in [3.8, 4) is 0 Å². The second-order valence-electron chi connectivity index (χ2n) is 4.87. The molecule has 0 spiro atoms. The quantitative estimate of drug-likeness (QED) is 0.743. The highest BCUT2D eigenvalue weighted by atomic mass is 79.9. The standard InChI is InChI=1S/C16H16BrN/c1-12-8-16(7-6-13(12)9-17)18-10-14-4-2-3-5-15(14)11-18/h2-8H,9-11H2,1H3. The highest BCUT2D eigenvalue weighted by Crippen LogP contribution is 2.29. The molecular formula is C16H16BrN. The molecule has 0 saturated heterocycles. The minimum absolute atomic E-state index is 0.930. The minimum atomic E-state index is 0.930. The molecular weight excluding hydrogens is 286 g/mol. The molecule has 3 rings (SSSR count). The van der Waals surface area contributed by atoms with Gasteiger partial charge in [-0.3, -0.25) is 0 Å². The van der Waals surface area contributed by atoms with Crippen LogP contribution in [0.2, 0.25) is 0 Å². The van der Waals surface area contributed by atoms with Crippen LogP contribution in [0.15, 0.2) is 42.5 Å². The Hall–Kier alpha value is -1.28. The number of nitrogens with zero attached hydrogens (tertiary/aromatic N) is 1. The van der Waals surface area contributed by atoms with Crippen LogP contribution in [-0.2, 0) is 18.4 Å². The molecule has 18 heavy (non-hydrogen) atoms. The Morgan fingerprint density at radius 3 is 2.28 bits per heavy atom. The summed E-state index contributed by atoms with van der Waals surface area (Å²) in [7, 11) is 0. The Morgan fingerprint density at radius 1 is 1.06 bits per heavy atom. The molecule has 0 saturated carbocycles. The molecule has 1 aliphatic rings. The van der Waals surface area contributed by atoms with Crippen LogP contribution in [0.1, 0.15) is 22.3 Å². The number of rotatable bonds is 2. The van der Waals surface area contributed by atoms with Crippen molar-refractivity contribution in [1.29, 1.82) is 0 Å². The summed E-state index contributed by atoms with van der Waals surface area (Å²) in [5, 5.41) is 0.930. The summed E-state index contributed by atoms with van der Waals surface area (Å²) in [5.41, 5.74) is 6.98. The number of hydrogen-bond acceptors (Lipinski definition) is 1. The molecule has 2 aromatic carbocycles. The first-order valence-electron chi connectivity index (χ1n) is 6.25. The molecule has 1 heterocycles. The van der Waals surface area contributed by atoms with E-state index in [4.69, 9.17) is 0 Å². The van der Waals surface area contributed by atoms with Crippen LogP contribution in [0.25, 0.3) is 0 Å². The first-order chi connectivity index (χ1) is 8.78. The van der Waals surface area contributed by atoms with E-state index in [9.17, 15) is 0 Å². The van der Waals surface area contributed by atoms with Gasteiger partial charge in [0.2, 0.25) is 0 Å². The fraction of sp³-hybridized carbons (Fsp3) is 0.250. The zero-order chi connectivity index (χ0) is 12.5. The Labute approximate surface area is 117 Å². The van der Waals surface area contributed by atoms with E-state index in [1.54, 1.807) is 0 Å². The van der Waals surface area contributed by atoms with Crippen LogP contribution in [0.5, 0.6) is 0 Å². The second-order valence-corrected chi connectivity index (χ2v) is 5.43. The Morgan fingerprint density at radius 2 is 1.72 bits per heavy atom. The summed E-state index contributed by atoms with van der Waals surface area (Å²) in [5.74, 6) is 0. The van der Waals surface area contributed by atoms with E-state index in [0.29, 0.717) is 0 Å². The van der Waals surface area contributed by atoms with E-state index in [1.165, 1.54) is 27.9 Å². The predicted molar refractivity (Wildman–Crippen MR) is 80.1 cm³/mol. The van der Waals surface area contributed by atoms with Gasteiger partial charge in [0.25, 0.3) is 0 Å². The van der Waals surface area contributed by atoms with Crippen LogP contribution < -0.4 is 4.90 Å². The van der Waals surface area contributed by atoms with Crippen molar-refractivity contribution in [2.45, 2.75) is 25.3 Å². The van der Waals surface area contributed by atoms with Gasteiger partial charge in [0, 0.05) is 24.1 Å². The predicted octanol–water partition coefficient (Wildman–Crippen LogP) is 4.41. The molecule has 2 aromatic rings. The van der Waals surface area contributed by atoms with Gasteiger partial charge in [-0.15, -0.1) is 0 Å². The van der Waals surface area contributed by atoms with Gasteiger partial charge in [0.1, 0.15) is 0 Å². The Balaban J connectivity index is 1.88. The average Bonchev–Trinajstić information content (AvgIpc) is 2.82. The third-order valence-corrected chi connectivity index (χ3v) is 4.28. The molecule has 0 aromatic heterocycles. The van der Waals surface area contributed by atoms with E-state index >= 15 is 0 Å². The number of alkyl halides is 1. The lowest BCUT2D eigenvalue weighted by atomic mass is 10.1.